The molecule has 0 unspecified atom stereocenters. The molecule has 3 rings (SSSR count). The van der Waals surface area contributed by atoms with Crippen molar-refractivity contribution in [3.8, 4) is 0 Å². The lowest BCUT2D eigenvalue weighted by molar-refractivity contribution is 0.0999. The number of nitrogens with two attached hydrogens (primary N) is 1. The zero-order chi connectivity index (χ0) is 22.6. The summed E-state index contributed by atoms with van der Waals surface area (Å²) in [6.45, 7) is 15.2. The van der Waals surface area contributed by atoms with Crippen LogP contribution in [0.4, 0.5) is 11.4 Å². The molecule has 0 radical (unpaired) electrons. The molecule has 2 heterocycles. The van der Waals surface area contributed by atoms with E-state index < -0.39 is 5.91 Å². The van der Waals surface area contributed by atoms with Gasteiger partial charge in [0, 0.05) is 17.6 Å². The molecular weight excluding hydrogens is 388 g/mol. The van der Waals surface area contributed by atoms with Crippen molar-refractivity contribution in [3.63, 3.8) is 0 Å². The van der Waals surface area contributed by atoms with Crippen LogP contribution in [0, 0.1) is 5.41 Å². The Labute approximate surface area is 182 Å². The van der Waals surface area contributed by atoms with Crippen LogP contribution < -0.4 is 21.7 Å². The maximum Gasteiger partial charge on any atom is 0.250 e. The minimum Gasteiger partial charge on any atom is -0.366 e. The molecule has 0 spiro atoms. The zero-order valence-electron chi connectivity index (χ0n) is 18.1. The fourth-order valence-corrected chi connectivity index (χ4v) is 3.03. The smallest absolute Gasteiger partial charge is 0.250 e. The number of carbonyl (C=O) groups is 1. The SMILES string of the molecule is C=C(NC1=NCC(C(C)(C)C)=C1)Nc1ccc(NC(=C)c2ncccc2C(N)=O)cc1. The van der Waals surface area contributed by atoms with Gasteiger partial charge >= 0.3 is 0 Å². The van der Waals surface area contributed by atoms with E-state index in [4.69, 9.17) is 5.73 Å². The lowest BCUT2D eigenvalue weighted by Gasteiger charge is -2.18. The number of aliphatic imine (C=N–C) groups is 1. The summed E-state index contributed by atoms with van der Waals surface area (Å²) in [4.78, 5) is 20.3. The quantitative estimate of drug-likeness (QED) is 0.543. The van der Waals surface area contributed by atoms with Crippen LogP contribution in [0.5, 0.6) is 0 Å². The Hall–Kier alpha value is -3.87. The van der Waals surface area contributed by atoms with E-state index in [2.05, 4.69) is 65.9 Å². The Balaban J connectivity index is 1.58. The van der Waals surface area contributed by atoms with Gasteiger partial charge in [-0.2, -0.15) is 0 Å². The van der Waals surface area contributed by atoms with Crippen molar-refractivity contribution in [1.82, 2.24) is 10.3 Å². The maximum atomic E-state index is 11.6. The number of benzene rings is 1. The molecule has 31 heavy (non-hydrogen) atoms. The van der Waals surface area contributed by atoms with E-state index in [1.165, 1.54) is 5.57 Å². The largest absolute Gasteiger partial charge is 0.366 e. The summed E-state index contributed by atoms with van der Waals surface area (Å²) < 4.78 is 0. The summed E-state index contributed by atoms with van der Waals surface area (Å²) in [5.41, 5.74) is 9.69. The van der Waals surface area contributed by atoms with Crippen molar-refractivity contribution < 1.29 is 4.79 Å². The number of nitrogens with zero attached hydrogens (tertiary/aromatic N) is 2. The summed E-state index contributed by atoms with van der Waals surface area (Å²) >= 11 is 0. The monoisotopic (exact) mass is 416 g/mol. The van der Waals surface area contributed by atoms with Gasteiger partial charge in [0.15, 0.2) is 0 Å². The van der Waals surface area contributed by atoms with Crippen molar-refractivity contribution in [1.29, 1.82) is 0 Å². The van der Waals surface area contributed by atoms with Crippen LogP contribution in [-0.2, 0) is 0 Å². The van der Waals surface area contributed by atoms with Crippen LogP contribution in [-0.4, -0.2) is 23.3 Å². The molecule has 0 bridgehead atoms. The van der Waals surface area contributed by atoms with Crippen LogP contribution in [0.3, 0.4) is 0 Å². The summed E-state index contributed by atoms with van der Waals surface area (Å²) in [7, 11) is 0. The highest BCUT2D eigenvalue weighted by Crippen LogP contribution is 2.27. The number of anilines is 2. The molecular formula is C24H28N6O. The van der Waals surface area contributed by atoms with Gasteiger partial charge in [-0.25, -0.2) is 0 Å². The molecule has 1 aliphatic heterocycles. The number of amides is 1. The number of hydrogen-bond acceptors (Lipinski definition) is 6. The molecule has 1 aromatic carbocycles. The second kappa shape index (κ2) is 8.87. The van der Waals surface area contributed by atoms with Gasteiger partial charge in [-0.1, -0.05) is 33.9 Å². The first-order valence-corrected chi connectivity index (χ1v) is 9.93. The zero-order valence-corrected chi connectivity index (χ0v) is 18.1. The van der Waals surface area contributed by atoms with Crippen molar-refractivity contribution in [2.45, 2.75) is 20.8 Å². The highest BCUT2D eigenvalue weighted by molar-refractivity contribution is 5.98. The lowest BCUT2D eigenvalue weighted by atomic mass is 9.87. The molecule has 0 saturated carbocycles. The van der Waals surface area contributed by atoms with Gasteiger partial charge in [-0.3, -0.25) is 14.8 Å². The van der Waals surface area contributed by atoms with Crippen molar-refractivity contribution in [2.75, 3.05) is 17.2 Å². The highest BCUT2D eigenvalue weighted by atomic mass is 16.1. The maximum absolute atomic E-state index is 11.6. The summed E-state index contributed by atoms with van der Waals surface area (Å²) in [5, 5.41) is 9.57. The van der Waals surface area contributed by atoms with Crippen LogP contribution in [0.25, 0.3) is 5.70 Å². The van der Waals surface area contributed by atoms with E-state index in [1.807, 2.05) is 24.3 Å². The Morgan fingerprint density at radius 3 is 2.26 bits per heavy atom. The minimum atomic E-state index is -0.548. The molecule has 0 atom stereocenters. The van der Waals surface area contributed by atoms with E-state index in [0.717, 1.165) is 17.2 Å². The summed E-state index contributed by atoms with van der Waals surface area (Å²) in [5.74, 6) is 0.889. The van der Waals surface area contributed by atoms with Crippen LogP contribution in [0.15, 0.2) is 78.2 Å². The molecule has 2 aromatic rings. The molecule has 7 nitrogen and oxygen atoms in total. The number of carbonyl (C=O) groups excluding carboxylic acids is 1. The van der Waals surface area contributed by atoms with Gasteiger partial charge in [0.1, 0.15) is 11.7 Å². The topological polar surface area (TPSA) is 104 Å². The molecule has 1 amide bonds. The number of aromatic nitrogens is 1. The molecule has 1 aromatic heterocycles. The van der Waals surface area contributed by atoms with E-state index in [-0.39, 0.29) is 5.41 Å². The number of amidine groups is 1. The van der Waals surface area contributed by atoms with Gasteiger partial charge in [0.2, 0.25) is 0 Å². The Bertz CT molecular complexity index is 1070. The van der Waals surface area contributed by atoms with E-state index in [9.17, 15) is 4.79 Å². The number of nitrogens with one attached hydrogen (secondary N) is 3. The second-order valence-corrected chi connectivity index (χ2v) is 8.29. The normalized spacial score (nSPS) is 13.1. The van der Waals surface area contributed by atoms with E-state index >= 15 is 0 Å². The average Bonchev–Trinajstić information content (AvgIpc) is 3.18. The van der Waals surface area contributed by atoms with Gasteiger partial charge < -0.3 is 21.7 Å². The number of hydrogen-bond donors (Lipinski definition) is 4. The minimum absolute atomic E-state index is 0.0992. The Morgan fingerprint density at radius 1 is 1.03 bits per heavy atom. The standard InChI is InChI=1S/C24H28N6O/c1-15(22-20(23(25)31)7-6-12-26-22)28-18-8-10-19(11-9-18)29-16(2)30-21-13-17(14-27-21)24(3,4)5/h6-13,28-29H,1-2,14H2,3-5H3,(H2,25,31)(H,27,30). The van der Waals surface area contributed by atoms with E-state index in [1.54, 1.807) is 18.3 Å². The first-order valence-electron chi connectivity index (χ1n) is 9.93. The third kappa shape index (κ3) is 5.60. The molecule has 0 saturated heterocycles. The highest BCUT2D eigenvalue weighted by Gasteiger charge is 2.21. The van der Waals surface area contributed by atoms with Crippen molar-refractivity contribution in [2.24, 2.45) is 16.1 Å². The predicted molar refractivity (Wildman–Crippen MR) is 128 cm³/mol. The molecule has 0 aliphatic carbocycles. The van der Waals surface area contributed by atoms with Crippen LogP contribution >= 0.6 is 0 Å². The molecule has 7 heteroatoms. The van der Waals surface area contributed by atoms with Crippen molar-refractivity contribution >= 4 is 28.8 Å². The average molecular weight is 417 g/mol. The lowest BCUT2D eigenvalue weighted by Crippen LogP contribution is -2.24. The fourth-order valence-electron chi connectivity index (χ4n) is 3.03. The first kappa shape index (κ1) is 21.8. The van der Waals surface area contributed by atoms with Crippen molar-refractivity contribution in [3.05, 3.63) is 84.5 Å². The van der Waals surface area contributed by atoms with Crippen LogP contribution in [0.1, 0.15) is 36.8 Å². The second-order valence-electron chi connectivity index (χ2n) is 8.29. The first-order chi connectivity index (χ1) is 14.6. The number of rotatable bonds is 7. The van der Waals surface area contributed by atoms with Gasteiger partial charge in [0.25, 0.3) is 5.91 Å². The molecule has 160 valence electrons. The Kier molecular flexibility index (Phi) is 6.25. The molecule has 0 fully saturated rings. The summed E-state index contributed by atoms with van der Waals surface area (Å²) in [6.07, 6.45) is 3.66. The summed E-state index contributed by atoms with van der Waals surface area (Å²) in [6, 6.07) is 10.9. The predicted octanol–water partition coefficient (Wildman–Crippen LogP) is 4.12. The van der Waals surface area contributed by atoms with Gasteiger partial charge in [0.05, 0.1) is 23.5 Å². The third-order valence-electron chi connectivity index (χ3n) is 4.81. The number of primary amides is 1. The molecule has 1 aliphatic rings. The van der Waals surface area contributed by atoms with Gasteiger partial charge in [-0.15, -0.1) is 0 Å². The van der Waals surface area contributed by atoms with Crippen LogP contribution in [0.2, 0.25) is 0 Å². The van der Waals surface area contributed by atoms with E-state index in [0.29, 0.717) is 29.3 Å². The third-order valence-corrected chi connectivity index (χ3v) is 4.81. The molecule has 5 N–H and O–H groups in total. The van der Waals surface area contributed by atoms with Gasteiger partial charge in [-0.05, 0) is 53.5 Å². The Morgan fingerprint density at radius 2 is 1.68 bits per heavy atom. The fraction of sp³-hybridized carbons (Fsp3) is 0.208. The number of pyridine rings is 1.